The topological polar surface area (TPSA) is 35.5 Å². The number of ether oxygens (including phenoxy) is 2. The minimum absolute atomic E-state index is 0.319. The molecule has 0 unspecified atom stereocenters. The van der Waals surface area contributed by atoms with Crippen LogP contribution in [0.5, 0.6) is 11.5 Å². The molecule has 0 N–H and O–H groups in total. The van der Waals surface area contributed by atoms with E-state index in [0.717, 1.165) is 48.3 Å². The van der Waals surface area contributed by atoms with Crippen LogP contribution in [-0.4, -0.2) is 30.1 Å². The molecular formula is C24H39O3PS. The van der Waals surface area contributed by atoms with Crippen molar-refractivity contribution < 1.29 is 14.3 Å². The molecule has 2 fully saturated rings. The summed E-state index contributed by atoms with van der Waals surface area (Å²) in [5.41, 5.74) is 3.15. The predicted molar refractivity (Wildman–Crippen MR) is 129 cm³/mol. The minimum atomic E-state index is -2.35. The van der Waals surface area contributed by atoms with Crippen molar-refractivity contribution in [2.45, 2.75) is 96.3 Å². The number of carbonyl (C=O) groups excluding carboxylic acids is 1. The van der Waals surface area contributed by atoms with Gasteiger partial charge in [0.25, 0.3) is 0 Å². The van der Waals surface area contributed by atoms with Gasteiger partial charge in [-0.1, -0.05) is 0 Å². The number of carbonyl (C=O) groups is 1. The summed E-state index contributed by atoms with van der Waals surface area (Å²) < 4.78 is 12.1. The summed E-state index contributed by atoms with van der Waals surface area (Å²) in [6.45, 7) is 5.35. The maximum atomic E-state index is 14.0. The number of hydrogen-bond acceptors (Lipinski definition) is 4. The molecule has 164 valence electrons. The van der Waals surface area contributed by atoms with Gasteiger partial charge in [-0.3, -0.25) is 0 Å². The van der Waals surface area contributed by atoms with Crippen molar-refractivity contribution in [1.29, 1.82) is 0 Å². The van der Waals surface area contributed by atoms with Crippen molar-refractivity contribution in [2.75, 3.05) is 13.2 Å². The number of fused-ring (bicyclic) bond motifs is 2. The van der Waals surface area contributed by atoms with Crippen LogP contribution in [-0.2, 0) is 0 Å². The fourth-order valence-electron chi connectivity index (χ4n) is 5.17. The Labute approximate surface area is 182 Å². The first-order valence-corrected chi connectivity index (χ1v) is 15.1. The van der Waals surface area contributed by atoms with Crippen LogP contribution >= 0.6 is 18.7 Å². The number of unbranched alkanes of at least 4 members (excludes halogenated alkanes) is 2. The van der Waals surface area contributed by atoms with Gasteiger partial charge in [0.2, 0.25) is 0 Å². The van der Waals surface area contributed by atoms with Gasteiger partial charge >= 0.3 is 183 Å². The fraction of sp³-hybridized carbons (Fsp3) is 0.708. The Hall–Kier alpha value is -0.730. The van der Waals surface area contributed by atoms with Gasteiger partial charge in [0.1, 0.15) is 0 Å². The molecule has 2 saturated heterocycles. The van der Waals surface area contributed by atoms with Crippen LogP contribution in [0.15, 0.2) is 12.1 Å². The average molecular weight is 439 g/mol. The van der Waals surface area contributed by atoms with Crippen LogP contribution in [0, 0.1) is 6.92 Å². The molecular weight excluding hydrogens is 399 g/mol. The number of rotatable bonds is 10. The van der Waals surface area contributed by atoms with Crippen LogP contribution in [0.2, 0.25) is 0 Å². The second-order valence-electron chi connectivity index (χ2n) is 8.93. The van der Waals surface area contributed by atoms with Gasteiger partial charge in [-0.05, 0) is 0 Å². The molecule has 2 heterocycles. The Morgan fingerprint density at radius 3 is 2.10 bits per heavy atom. The quantitative estimate of drug-likeness (QED) is 0.238. The standard InChI is InChI=1S/C24H39O3PS/c1-4-6-14-26-19-16-18(3)23(22(17-19)27-15-7-5-2)24(25)28(29)20-10-8-11-21(28)13-9-12-20/h16-17,20-21,28-29H,4-15H2,1-3H3. The van der Waals surface area contributed by atoms with Crippen LogP contribution in [0.1, 0.15) is 94.0 Å². The van der Waals surface area contributed by atoms with Crippen molar-refractivity contribution >= 4 is 24.2 Å². The molecule has 2 aliphatic rings. The number of thiol groups is 1. The summed E-state index contributed by atoms with van der Waals surface area (Å²) in [5, 5.41) is 0. The molecule has 0 aliphatic carbocycles. The molecule has 3 nitrogen and oxygen atoms in total. The zero-order chi connectivity index (χ0) is 20.9. The van der Waals surface area contributed by atoms with Crippen molar-refractivity contribution in [2.24, 2.45) is 0 Å². The van der Waals surface area contributed by atoms with Gasteiger partial charge in [-0.25, -0.2) is 0 Å². The monoisotopic (exact) mass is 438 g/mol. The molecule has 1 aromatic rings. The molecule has 0 spiro atoms. The third-order valence-electron chi connectivity index (χ3n) is 6.84. The first kappa shape index (κ1) is 22.9. The summed E-state index contributed by atoms with van der Waals surface area (Å²) in [4.78, 5) is 14.0. The van der Waals surface area contributed by atoms with Crippen LogP contribution < -0.4 is 9.47 Å². The maximum absolute atomic E-state index is 14.0. The molecule has 3 rings (SSSR count). The SMILES string of the molecule is CCCCOc1cc(C)c(C(=O)[PH]2(S)C3CCCC2CCC3)c(OCCCC)c1. The molecule has 2 aliphatic heterocycles. The van der Waals surface area contributed by atoms with Gasteiger partial charge in [-0.15, -0.1) is 0 Å². The van der Waals surface area contributed by atoms with Crippen molar-refractivity contribution in [3.63, 3.8) is 0 Å². The Morgan fingerprint density at radius 1 is 1.00 bits per heavy atom. The Bertz CT molecular complexity index is 684. The molecule has 2 bridgehead atoms. The number of aryl methyl sites for hydroxylation is 1. The number of benzene rings is 1. The molecule has 5 heteroatoms. The summed E-state index contributed by atoms with van der Waals surface area (Å²) in [5.74, 6) is 1.54. The van der Waals surface area contributed by atoms with E-state index in [1.54, 1.807) is 0 Å². The van der Waals surface area contributed by atoms with Crippen LogP contribution in [0.25, 0.3) is 0 Å². The zero-order valence-electron chi connectivity index (χ0n) is 18.5. The van der Waals surface area contributed by atoms with Gasteiger partial charge < -0.3 is 0 Å². The van der Waals surface area contributed by atoms with Gasteiger partial charge in [0, 0.05) is 0 Å². The predicted octanol–water partition coefficient (Wildman–Crippen LogP) is 7.19. The first-order chi connectivity index (χ1) is 14.0. The van der Waals surface area contributed by atoms with E-state index in [-0.39, 0.29) is 0 Å². The van der Waals surface area contributed by atoms with E-state index in [2.05, 4.69) is 13.8 Å². The van der Waals surface area contributed by atoms with E-state index >= 15 is 0 Å². The third-order valence-corrected chi connectivity index (χ3v) is 14.3. The molecule has 1 aromatic carbocycles. The van der Waals surface area contributed by atoms with E-state index < -0.39 is 6.46 Å². The molecule has 0 aromatic heterocycles. The van der Waals surface area contributed by atoms with Crippen molar-refractivity contribution in [3.05, 3.63) is 23.3 Å². The Kier molecular flexibility index (Phi) is 8.33. The summed E-state index contributed by atoms with van der Waals surface area (Å²) in [6, 6.07) is 3.98. The van der Waals surface area contributed by atoms with Gasteiger partial charge in [-0.2, -0.15) is 0 Å². The van der Waals surface area contributed by atoms with Crippen molar-refractivity contribution in [1.82, 2.24) is 0 Å². The summed E-state index contributed by atoms with van der Waals surface area (Å²) in [6.07, 6.45) is 11.5. The molecule has 0 radical (unpaired) electrons. The fourth-order valence-corrected chi connectivity index (χ4v) is 11.8. The zero-order valence-corrected chi connectivity index (χ0v) is 20.4. The molecule has 29 heavy (non-hydrogen) atoms. The summed E-state index contributed by atoms with van der Waals surface area (Å²) in [7, 11) is 0. The van der Waals surface area contributed by atoms with E-state index in [9.17, 15) is 4.79 Å². The molecule has 0 atom stereocenters. The van der Waals surface area contributed by atoms with E-state index in [1.165, 1.54) is 38.5 Å². The van der Waals surface area contributed by atoms with E-state index in [0.29, 0.717) is 30.1 Å². The van der Waals surface area contributed by atoms with E-state index in [1.807, 2.05) is 19.1 Å². The Morgan fingerprint density at radius 2 is 1.55 bits per heavy atom. The second-order valence-corrected chi connectivity index (χ2v) is 14.9. The van der Waals surface area contributed by atoms with Gasteiger partial charge in [0.15, 0.2) is 0 Å². The number of hydrogen-bond donors (Lipinski definition) is 1. The average Bonchev–Trinajstić information content (AvgIpc) is 2.67. The van der Waals surface area contributed by atoms with Crippen LogP contribution in [0.4, 0.5) is 0 Å². The van der Waals surface area contributed by atoms with Crippen molar-refractivity contribution in [3.8, 4) is 11.5 Å². The van der Waals surface area contributed by atoms with Crippen LogP contribution in [0.3, 0.4) is 0 Å². The first-order valence-electron chi connectivity index (χ1n) is 11.7. The Balaban J connectivity index is 1.94. The summed E-state index contributed by atoms with van der Waals surface area (Å²) >= 11 is 5.28. The molecule has 0 saturated carbocycles. The van der Waals surface area contributed by atoms with E-state index in [4.69, 9.17) is 21.7 Å². The third kappa shape index (κ3) is 4.96. The molecule has 0 amide bonds. The normalized spacial score (nSPS) is 24.0. The second kappa shape index (κ2) is 10.5. The van der Waals surface area contributed by atoms with Gasteiger partial charge in [0.05, 0.1) is 0 Å².